The van der Waals surface area contributed by atoms with Gasteiger partial charge in [-0.15, -0.1) is 0 Å². The molecule has 0 unspecified atom stereocenters. The zero-order chi connectivity index (χ0) is 20.4. The number of carbonyl (C=O) groups excluding carboxylic acids is 1. The van der Waals surface area contributed by atoms with Crippen molar-refractivity contribution in [1.82, 2.24) is 14.9 Å². The van der Waals surface area contributed by atoms with Crippen LogP contribution in [0.2, 0.25) is 5.02 Å². The largest absolute Gasteiger partial charge is 0.378 e. The maximum atomic E-state index is 14.1. The summed E-state index contributed by atoms with van der Waals surface area (Å²) in [4.78, 5) is 27.8. The Labute approximate surface area is 174 Å². The third-order valence-corrected chi connectivity index (χ3v) is 5.53. The highest BCUT2D eigenvalue weighted by molar-refractivity contribution is 6.33. The molecule has 2 saturated heterocycles. The molecule has 0 radical (unpaired) electrons. The molecule has 0 N–H and O–H groups in total. The van der Waals surface area contributed by atoms with Crippen LogP contribution >= 0.6 is 11.6 Å². The Morgan fingerprint density at radius 1 is 1.03 bits per heavy atom. The van der Waals surface area contributed by atoms with Crippen molar-refractivity contribution >= 4 is 29.1 Å². The molecule has 0 bridgehead atoms. The van der Waals surface area contributed by atoms with Crippen molar-refractivity contribution in [2.24, 2.45) is 0 Å². The van der Waals surface area contributed by atoms with Crippen molar-refractivity contribution in [2.75, 3.05) is 62.3 Å². The maximum absolute atomic E-state index is 14.1. The zero-order valence-corrected chi connectivity index (χ0v) is 17.0. The monoisotopic (exact) mass is 419 g/mol. The summed E-state index contributed by atoms with van der Waals surface area (Å²) < 4.78 is 19.5. The van der Waals surface area contributed by atoms with Gasteiger partial charge in [0, 0.05) is 45.3 Å². The lowest BCUT2D eigenvalue weighted by Gasteiger charge is -2.36. The number of aryl methyl sites for hydroxylation is 1. The maximum Gasteiger partial charge on any atom is 0.258 e. The number of benzene rings is 1. The summed E-state index contributed by atoms with van der Waals surface area (Å²) in [5, 5.41) is 0.138. The molecule has 29 heavy (non-hydrogen) atoms. The molecule has 2 fully saturated rings. The van der Waals surface area contributed by atoms with Gasteiger partial charge in [-0.2, -0.15) is 0 Å². The number of hydrogen-bond donors (Lipinski definition) is 0. The summed E-state index contributed by atoms with van der Waals surface area (Å²) in [5.74, 6) is 1.48. The molecule has 0 aliphatic carbocycles. The van der Waals surface area contributed by atoms with Gasteiger partial charge >= 0.3 is 0 Å². The van der Waals surface area contributed by atoms with E-state index in [4.69, 9.17) is 16.3 Å². The van der Waals surface area contributed by atoms with Gasteiger partial charge in [0.2, 0.25) is 0 Å². The van der Waals surface area contributed by atoms with E-state index in [0.717, 1.165) is 24.7 Å². The van der Waals surface area contributed by atoms with Crippen LogP contribution in [0.15, 0.2) is 24.3 Å². The van der Waals surface area contributed by atoms with Crippen molar-refractivity contribution in [3.8, 4) is 0 Å². The number of piperazine rings is 1. The summed E-state index contributed by atoms with van der Waals surface area (Å²) >= 11 is 6.05. The van der Waals surface area contributed by atoms with Crippen molar-refractivity contribution in [2.45, 2.75) is 6.92 Å². The first-order chi connectivity index (χ1) is 14.0. The minimum absolute atomic E-state index is 0.0601. The number of aromatic nitrogens is 2. The minimum atomic E-state index is -0.591. The van der Waals surface area contributed by atoms with Gasteiger partial charge in [-0.1, -0.05) is 17.7 Å². The highest BCUT2D eigenvalue weighted by Gasteiger charge is 2.27. The molecule has 2 aliphatic heterocycles. The smallest absolute Gasteiger partial charge is 0.258 e. The summed E-state index contributed by atoms with van der Waals surface area (Å²) in [6.07, 6.45) is 0. The molecule has 1 aromatic heterocycles. The number of anilines is 2. The summed E-state index contributed by atoms with van der Waals surface area (Å²) in [6, 6.07) is 6.27. The molecule has 2 aromatic rings. The first-order valence-corrected chi connectivity index (χ1v) is 10.1. The Kier molecular flexibility index (Phi) is 5.82. The van der Waals surface area contributed by atoms with Crippen molar-refractivity contribution < 1.29 is 13.9 Å². The molecule has 0 saturated carbocycles. The van der Waals surface area contributed by atoms with Crippen LogP contribution in [0.4, 0.5) is 16.0 Å². The van der Waals surface area contributed by atoms with Gasteiger partial charge in [0.05, 0.1) is 23.8 Å². The van der Waals surface area contributed by atoms with Crippen molar-refractivity contribution in [3.63, 3.8) is 0 Å². The van der Waals surface area contributed by atoms with E-state index >= 15 is 0 Å². The molecule has 2 aliphatic rings. The number of morpholine rings is 1. The summed E-state index contributed by atoms with van der Waals surface area (Å²) in [7, 11) is 0. The van der Waals surface area contributed by atoms with Crippen LogP contribution in [-0.2, 0) is 4.74 Å². The average molecular weight is 420 g/mol. The number of hydrogen-bond acceptors (Lipinski definition) is 6. The van der Waals surface area contributed by atoms with Crippen LogP contribution < -0.4 is 9.80 Å². The predicted molar refractivity (Wildman–Crippen MR) is 109 cm³/mol. The topological polar surface area (TPSA) is 61.8 Å². The zero-order valence-electron chi connectivity index (χ0n) is 16.3. The third kappa shape index (κ3) is 4.28. The predicted octanol–water partition coefficient (Wildman–Crippen LogP) is 2.38. The summed E-state index contributed by atoms with van der Waals surface area (Å²) in [5.41, 5.74) is -0.0601. The van der Waals surface area contributed by atoms with E-state index in [9.17, 15) is 9.18 Å². The molecule has 0 atom stereocenters. The second-order valence-corrected chi connectivity index (χ2v) is 7.51. The molecule has 3 heterocycles. The standard InChI is InChI=1S/C20H23ClFN5O2/c1-14-23-17(13-18(24-14)26-9-11-29-12-10-26)25-5-7-27(8-6-25)20(28)19-15(21)3-2-4-16(19)22/h2-4,13H,5-12H2,1H3. The van der Waals surface area contributed by atoms with Crippen LogP contribution in [0.5, 0.6) is 0 Å². The van der Waals surface area contributed by atoms with Crippen LogP contribution in [0.25, 0.3) is 0 Å². The first-order valence-electron chi connectivity index (χ1n) is 9.69. The Morgan fingerprint density at radius 3 is 2.28 bits per heavy atom. The second-order valence-electron chi connectivity index (χ2n) is 7.11. The van der Waals surface area contributed by atoms with Gasteiger partial charge < -0.3 is 19.4 Å². The van der Waals surface area contributed by atoms with E-state index in [2.05, 4.69) is 19.8 Å². The minimum Gasteiger partial charge on any atom is -0.378 e. The lowest BCUT2D eigenvalue weighted by Crippen LogP contribution is -2.49. The Morgan fingerprint density at radius 2 is 1.66 bits per heavy atom. The van der Waals surface area contributed by atoms with Crippen LogP contribution in [0.3, 0.4) is 0 Å². The first kappa shape index (κ1) is 19.8. The number of carbonyl (C=O) groups is 1. The van der Waals surface area contributed by atoms with Crippen LogP contribution in [0.1, 0.15) is 16.2 Å². The quantitative estimate of drug-likeness (QED) is 0.761. The van der Waals surface area contributed by atoms with Gasteiger partial charge in [-0.25, -0.2) is 14.4 Å². The third-order valence-electron chi connectivity index (χ3n) is 5.21. The molecule has 7 nitrogen and oxygen atoms in total. The van der Waals surface area contributed by atoms with E-state index in [1.165, 1.54) is 18.2 Å². The fourth-order valence-corrected chi connectivity index (χ4v) is 3.90. The number of ether oxygens (including phenoxy) is 1. The van der Waals surface area contributed by atoms with E-state index < -0.39 is 5.82 Å². The Hall–Kier alpha value is -2.45. The lowest BCUT2D eigenvalue weighted by molar-refractivity contribution is 0.0742. The molecule has 1 amide bonds. The second kappa shape index (κ2) is 8.51. The van der Waals surface area contributed by atoms with E-state index in [1.807, 2.05) is 13.0 Å². The van der Waals surface area contributed by atoms with Gasteiger partial charge in [0.1, 0.15) is 23.3 Å². The Bertz CT molecular complexity index is 878. The SMILES string of the molecule is Cc1nc(N2CCOCC2)cc(N2CCN(C(=O)c3c(F)cccc3Cl)CC2)n1. The van der Waals surface area contributed by atoms with E-state index in [-0.39, 0.29) is 16.5 Å². The fourth-order valence-electron chi connectivity index (χ4n) is 3.65. The molecule has 0 spiro atoms. The lowest BCUT2D eigenvalue weighted by atomic mass is 10.1. The number of halogens is 2. The van der Waals surface area contributed by atoms with E-state index in [1.54, 1.807) is 4.90 Å². The highest BCUT2D eigenvalue weighted by Crippen LogP contribution is 2.24. The van der Waals surface area contributed by atoms with Crippen molar-refractivity contribution in [3.05, 3.63) is 46.5 Å². The average Bonchev–Trinajstić information content (AvgIpc) is 2.74. The van der Waals surface area contributed by atoms with Gasteiger partial charge in [-0.3, -0.25) is 4.79 Å². The van der Waals surface area contributed by atoms with Gasteiger partial charge in [0.15, 0.2) is 0 Å². The van der Waals surface area contributed by atoms with Crippen LogP contribution in [-0.4, -0.2) is 73.3 Å². The van der Waals surface area contributed by atoms with E-state index in [0.29, 0.717) is 45.2 Å². The number of nitrogens with zero attached hydrogens (tertiary/aromatic N) is 5. The molecular formula is C20H23ClFN5O2. The Balaban J connectivity index is 1.46. The molecular weight excluding hydrogens is 397 g/mol. The molecule has 9 heteroatoms. The molecule has 1 aromatic carbocycles. The number of amides is 1. The highest BCUT2D eigenvalue weighted by atomic mass is 35.5. The van der Waals surface area contributed by atoms with Crippen molar-refractivity contribution in [1.29, 1.82) is 0 Å². The molecule has 154 valence electrons. The fraction of sp³-hybridized carbons (Fsp3) is 0.450. The van der Waals surface area contributed by atoms with Crippen LogP contribution in [0, 0.1) is 12.7 Å². The van der Waals surface area contributed by atoms with Gasteiger partial charge in [0.25, 0.3) is 5.91 Å². The summed E-state index contributed by atoms with van der Waals surface area (Å²) in [6.45, 7) is 7.04. The normalized spacial score (nSPS) is 17.6. The molecule has 4 rings (SSSR count). The number of rotatable bonds is 3. The van der Waals surface area contributed by atoms with Gasteiger partial charge in [-0.05, 0) is 19.1 Å².